The summed E-state index contributed by atoms with van der Waals surface area (Å²) in [6, 6.07) is 20.5. The Morgan fingerprint density at radius 2 is 1.62 bits per heavy atom. The van der Waals surface area contributed by atoms with E-state index in [9.17, 15) is 13.2 Å². The van der Waals surface area contributed by atoms with Crippen LogP contribution in [0.5, 0.6) is 5.75 Å². The van der Waals surface area contributed by atoms with Crippen molar-refractivity contribution in [2.24, 2.45) is 0 Å². The number of ether oxygens (including phenoxy) is 1. The van der Waals surface area contributed by atoms with E-state index in [0.29, 0.717) is 17.1 Å². The molecule has 0 aromatic heterocycles. The maximum atomic E-state index is 12.5. The average molecular weight is 410 g/mol. The van der Waals surface area contributed by atoms with E-state index >= 15 is 0 Å². The van der Waals surface area contributed by atoms with Gasteiger partial charge in [-0.3, -0.25) is 9.52 Å². The van der Waals surface area contributed by atoms with Gasteiger partial charge in [0.15, 0.2) is 6.61 Å². The molecule has 0 atom stereocenters. The number of benzene rings is 3. The Bertz CT molecular complexity index is 1110. The summed E-state index contributed by atoms with van der Waals surface area (Å²) >= 11 is 0. The van der Waals surface area contributed by atoms with Gasteiger partial charge in [0.2, 0.25) is 0 Å². The number of para-hydroxylation sites is 1. The number of rotatable bonds is 7. The van der Waals surface area contributed by atoms with Crippen molar-refractivity contribution in [3.05, 3.63) is 83.9 Å². The van der Waals surface area contributed by atoms with Gasteiger partial charge in [0.25, 0.3) is 15.9 Å². The van der Waals surface area contributed by atoms with Gasteiger partial charge in [-0.1, -0.05) is 30.3 Å². The Morgan fingerprint density at radius 1 is 0.897 bits per heavy atom. The summed E-state index contributed by atoms with van der Waals surface area (Å²) in [4.78, 5) is 12.2. The van der Waals surface area contributed by atoms with Crippen LogP contribution in [0.3, 0.4) is 0 Å². The van der Waals surface area contributed by atoms with E-state index in [1.54, 1.807) is 24.3 Å². The number of hydrogen-bond donors (Lipinski definition) is 2. The molecule has 3 aromatic rings. The minimum Gasteiger partial charge on any atom is -0.483 e. The van der Waals surface area contributed by atoms with Crippen molar-refractivity contribution in [3.8, 4) is 5.75 Å². The Kier molecular flexibility index (Phi) is 6.19. The molecule has 3 aromatic carbocycles. The molecule has 0 heterocycles. The summed E-state index contributed by atoms with van der Waals surface area (Å²) in [5, 5.41) is 2.69. The summed E-state index contributed by atoms with van der Waals surface area (Å²) in [5.41, 5.74) is 2.88. The first kappa shape index (κ1) is 20.4. The van der Waals surface area contributed by atoms with Crippen molar-refractivity contribution in [3.63, 3.8) is 0 Å². The highest BCUT2D eigenvalue weighted by Gasteiger charge is 2.14. The Labute approximate surface area is 170 Å². The Hall–Kier alpha value is -3.32. The van der Waals surface area contributed by atoms with Crippen molar-refractivity contribution in [2.75, 3.05) is 16.6 Å². The van der Waals surface area contributed by atoms with Crippen molar-refractivity contribution < 1.29 is 17.9 Å². The molecule has 0 fully saturated rings. The fourth-order valence-electron chi connectivity index (χ4n) is 2.70. The average Bonchev–Trinajstić information content (AvgIpc) is 2.67. The molecule has 150 valence electrons. The molecule has 0 saturated heterocycles. The normalized spacial score (nSPS) is 11.0. The minimum atomic E-state index is -3.71. The maximum Gasteiger partial charge on any atom is 0.262 e. The summed E-state index contributed by atoms with van der Waals surface area (Å²) in [6.07, 6.45) is 0. The van der Waals surface area contributed by atoms with Gasteiger partial charge in [-0.25, -0.2) is 8.42 Å². The predicted octanol–water partition coefficient (Wildman–Crippen LogP) is 4.12. The van der Waals surface area contributed by atoms with E-state index in [-0.39, 0.29) is 17.4 Å². The van der Waals surface area contributed by atoms with Crippen molar-refractivity contribution >= 4 is 27.3 Å². The van der Waals surface area contributed by atoms with Gasteiger partial charge < -0.3 is 10.1 Å². The molecule has 3 rings (SSSR count). The number of nitrogens with one attached hydrogen (secondary N) is 2. The van der Waals surface area contributed by atoms with Gasteiger partial charge in [-0.15, -0.1) is 0 Å². The van der Waals surface area contributed by atoms with Crippen LogP contribution in [-0.4, -0.2) is 20.9 Å². The van der Waals surface area contributed by atoms with Crippen LogP contribution < -0.4 is 14.8 Å². The minimum absolute atomic E-state index is 0.105. The van der Waals surface area contributed by atoms with Crippen molar-refractivity contribution in [1.29, 1.82) is 0 Å². The largest absolute Gasteiger partial charge is 0.483 e. The highest BCUT2D eigenvalue weighted by Crippen LogP contribution is 2.19. The lowest BCUT2D eigenvalue weighted by atomic mass is 10.2. The smallest absolute Gasteiger partial charge is 0.262 e. The Morgan fingerprint density at radius 3 is 2.31 bits per heavy atom. The van der Waals surface area contributed by atoms with Crippen LogP contribution in [0.2, 0.25) is 0 Å². The van der Waals surface area contributed by atoms with E-state index < -0.39 is 10.0 Å². The molecule has 0 saturated carbocycles. The molecular weight excluding hydrogens is 388 g/mol. The van der Waals surface area contributed by atoms with E-state index in [1.807, 2.05) is 38.1 Å². The van der Waals surface area contributed by atoms with Gasteiger partial charge in [0.05, 0.1) is 4.90 Å². The predicted molar refractivity (Wildman–Crippen MR) is 114 cm³/mol. The van der Waals surface area contributed by atoms with Crippen LogP contribution in [0.4, 0.5) is 11.4 Å². The van der Waals surface area contributed by atoms with E-state index in [1.165, 1.54) is 24.3 Å². The van der Waals surface area contributed by atoms with Gasteiger partial charge in [0, 0.05) is 11.4 Å². The third kappa shape index (κ3) is 5.58. The highest BCUT2D eigenvalue weighted by atomic mass is 32.2. The lowest BCUT2D eigenvalue weighted by molar-refractivity contribution is -0.118. The molecule has 0 spiro atoms. The number of aryl methyl sites for hydroxylation is 2. The van der Waals surface area contributed by atoms with Crippen LogP contribution in [0.15, 0.2) is 77.7 Å². The van der Waals surface area contributed by atoms with Gasteiger partial charge in [-0.05, 0) is 67.4 Å². The molecule has 0 unspecified atom stereocenters. The monoisotopic (exact) mass is 410 g/mol. The first-order valence-electron chi connectivity index (χ1n) is 9.01. The van der Waals surface area contributed by atoms with E-state index in [0.717, 1.165) is 11.1 Å². The number of hydrogen-bond acceptors (Lipinski definition) is 4. The second kappa shape index (κ2) is 8.79. The number of anilines is 2. The van der Waals surface area contributed by atoms with Gasteiger partial charge in [-0.2, -0.15) is 0 Å². The molecule has 0 aliphatic rings. The molecule has 0 bridgehead atoms. The van der Waals surface area contributed by atoms with Crippen molar-refractivity contribution in [1.82, 2.24) is 0 Å². The summed E-state index contributed by atoms with van der Waals surface area (Å²) in [6.45, 7) is 3.65. The quantitative estimate of drug-likeness (QED) is 0.614. The molecule has 2 N–H and O–H groups in total. The first-order valence-corrected chi connectivity index (χ1v) is 10.5. The fraction of sp³-hybridized carbons (Fsp3) is 0.136. The zero-order valence-electron chi connectivity index (χ0n) is 16.2. The molecule has 1 amide bonds. The summed E-state index contributed by atoms with van der Waals surface area (Å²) < 4.78 is 33.1. The number of carbonyl (C=O) groups excluding carboxylic acids is 1. The lowest BCUT2D eigenvalue weighted by Crippen LogP contribution is -2.20. The molecule has 6 nitrogen and oxygen atoms in total. The van der Waals surface area contributed by atoms with Crippen LogP contribution >= 0.6 is 0 Å². The summed E-state index contributed by atoms with van der Waals surface area (Å²) in [7, 11) is -3.71. The lowest BCUT2D eigenvalue weighted by Gasteiger charge is -2.11. The van der Waals surface area contributed by atoms with Crippen LogP contribution in [0.1, 0.15) is 11.1 Å². The Balaban J connectivity index is 1.60. The second-order valence-corrected chi connectivity index (χ2v) is 8.28. The van der Waals surface area contributed by atoms with E-state index in [4.69, 9.17) is 4.74 Å². The zero-order valence-corrected chi connectivity index (χ0v) is 17.0. The standard InChI is InChI=1S/C22H22N2O4S/c1-16-6-5-8-19(14-16)24-29(26,27)20-12-10-18(11-13-20)23-22(25)15-28-21-9-4-3-7-17(21)2/h3-14,24H,15H2,1-2H3,(H,23,25). The number of carbonyl (C=O) groups is 1. The molecule has 7 heteroatoms. The molecule has 0 aliphatic heterocycles. The van der Waals surface area contributed by atoms with Crippen LogP contribution in [0.25, 0.3) is 0 Å². The van der Waals surface area contributed by atoms with Crippen LogP contribution in [0, 0.1) is 13.8 Å². The third-order valence-corrected chi connectivity index (χ3v) is 5.57. The second-order valence-electron chi connectivity index (χ2n) is 6.60. The molecule has 0 aliphatic carbocycles. The van der Waals surface area contributed by atoms with Gasteiger partial charge in [0.1, 0.15) is 5.75 Å². The number of amides is 1. The molecular formula is C22H22N2O4S. The summed E-state index contributed by atoms with van der Waals surface area (Å²) in [5.74, 6) is 0.313. The third-order valence-electron chi connectivity index (χ3n) is 4.17. The topological polar surface area (TPSA) is 84.5 Å². The zero-order chi connectivity index (χ0) is 20.9. The molecule has 29 heavy (non-hydrogen) atoms. The number of sulfonamides is 1. The van der Waals surface area contributed by atoms with Gasteiger partial charge >= 0.3 is 0 Å². The molecule has 0 radical (unpaired) electrons. The first-order chi connectivity index (χ1) is 13.8. The van der Waals surface area contributed by atoms with E-state index in [2.05, 4.69) is 10.0 Å². The maximum absolute atomic E-state index is 12.5. The van der Waals surface area contributed by atoms with Crippen LogP contribution in [-0.2, 0) is 14.8 Å². The SMILES string of the molecule is Cc1cccc(NS(=O)(=O)c2ccc(NC(=O)COc3ccccc3C)cc2)c1. The highest BCUT2D eigenvalue weighted by molar-refractivity contribution is 7.92. The fourth-order valence-corrected chi connectivity index (χ4v) is 3.75. The van der Waals surface area contributed by atoms with Crippen molar-refractivity contribution in [2.45, 2.75) is 18.7 Å².